The van der Waals surface area contributed by atoms with E-state index in [-0.39, 0.29) is 12.5 Å². The fourth-order valence-electron chi connectivity index (χ4n) is 1.68. The van der Waals surface area contributed by atoms with Gasteiger partial charge in [-0.15, -0.1) is 0 Å². The van der Waals surface area contributed by atoms with Crippen LogP contribution in [0.5, 0.6) is 0 Å². The molecule has 17 heavy (non-hydrogen) atoms. The van der Waals surface area contributed by atoms with E-state index in [4.69, 9.17) is 10.4 Å². The summed E-state index contributed by atoms with van der Waals surface area (Å²) in [6, 6.07) is 11.4. The van der Waals surface area contributed by atoms with Crippen molar-refractivity contribution in [2.75, 3.05) is 11.4 Å². The highest BCUT2D eigenvalue weighted by molar-refractivity contribution is 5.67. The van der Waals surface area contributed by atoms with Crippen molar-refractivity contribution in [2.24, 2.45) is 0 Å². The number of rotatable bonds is 6. The molecule has 0 aliphatic heterocycles. The number of aliphatic carboxylic acids is 1. The molecule has 1 atom stereocenters. The predicted molar refractivity (Wildman–Crippen MR) is 65.7 cm³/mol. The molecule has 0 aliphatic rings. The van der Waals surface area contributed by atoms with Gasteiger partial charge in [0.05, 0.1) is 12.5 Å². The van der Waals surface area contributed by atoms with Crippen LogP contribution in [0.2, 0.25) is 0 Å². The minimum atomic E-state index is -0.848. The van der Waals surface area contributed by atoms with E-state index < -0.39 is 5.97 Å². The van der Waals surface area contributed by atoms with Crippen molar-refractivity contribution in [3.63, 3.8) is 0 Å². The van der Waals surface area contributed by atoms with Gasteiger partial charge in [0, 0.05) is 12.2 Å². The Kier molecular flexibility index (Phi) is 5.02. The third kappa shape index (κ3) is 3.80. The van der Waals surface area contributed by atoms with Gasteiger partial charge >= 0.3 is 5.97 Å². The van der Waals surface area contributed by atoms with Crippen LogP contribution < -0.4 is 4.90 Å². The van der Waals surface area contributed by atoms with E-state index >= 15 is 0 Å². The Morgan fingerprint density at radius 1 is 1.47 bits per heavy atom. The van der Waals surface area contributed by atoms with Crippen molar-refractivity contribution >= 4 is 11.7 Å². The second kappa shape index (κ2) is 6.54. The van der Waals surface area contributed by atoms with E-state index in [2.05, 4.69) is 6.07 Å². The van der Waals surface area contributed by atoms with Gasteiger partial charge in [0.15, 0.2) is 0 Å². The number of benzene rings is 1. The minimum Gasteiger partial charge on any atom is -0.481 e. The summed E-state index contributed by atoms with van der Waals surface area (Å²) in [5.41, 5.74) is 0.891. The lowest BCUT2D eigenvalue weighted by atomic mass is 10.1. The quantitative estimate of drug-likeness (QED) is 0.817. The highest BCUT2D eigenvalue weighted by Gasteiger charge is 2.17. The van der Waals surface area contributed by atoms with Gasteiger partial charge in [-0.05, 0) is 18.6 Å². The molecule has 0 heterocycles. The van der Waals surface area contributed by atoms with Gasteiger partial charge in [0.1, 0.15) is 6.04 Å². The topological polar surface area (TPSA) is 64.3 Å². The first kappa shape index (κ1) is 13.0. The number of hydrogen-bond donors (Lipinski definition) is 1. The maximum absolute atomic E-state index is 10.6. The predicted octanol–water partition coefficient (Wildman–Crippen LogP) is 2.27. The zero-order chi connectivity index (χ0) is 12.7. The van der Waals surface area contributed by atoms with E-state index in [1.165, 1.54) is 0 Å². The Bertz CT molecular complexity index is 398. The summed E-state index contributed by atoms with van der Waals surface area (Å²) in [6.07, 6.45) is 0.706. The van der Waals surface area contributed by atoms with Crippen LogP contribution in [0.25, 0.3) is 0 Å². The molecule has 0 saturated heterocycles. The van der Waals surface area contributed by atoms with Crippen LogP contribution >= 0.6 is 0 Å². The van der Waals surface area contributed by atoms with Crippen molar-refractivity contribution in [2.45, 2.75) is 25.8 Å². The Morgan fingerprint density at radius 3 is 2.59 bits per heavy atom. The van der Waals surface area contributed by atoms with E-state index in [1.807, 2.05) is 42.2 Å². The third-order valence-corrected chi connectivity index (χ3v) is 2.57. The normalized spacial score (nSPS) is 11.5. The maximum atomic E-state index is 10.6. The van der Waals surface area contributed by atoms with Crippen molar-refractivity contribution in [1.82, 2.24) is 0 Å². The minimum absolute atomic E-state index is 0.0348. The molecule has 0 aromatic heterocycles. The molecule has 1 unspecified atom stereocenters. The summed E-state index contributed by atoms with van der Waals surface area (Å²) in [7, 11) is 0. The van der Waals surface area contributed by atoms with Crippen molar-refractivity contribution in [1.29, 1.82) is 5.26 Å². The molecule has 4 heteroatoms. The molecule has 1 rings (SSSR count). The van der Waals surface area contributed by atoms with Crippen LogP contribution in [-0.2, 0) is 4.79 Å². The number of carboxylic acid groups (broad SMARTS) is 1. The molecule has 1 N–H and O–H groups in total. The Hall–Kier alpha value is -2.02. The van der Waals surface area contributed by atoms with Gasteiger partial charge in [0.2, 0.25) is 0 Å². The number of nitrogens with zero attached hydrogens (tertiary/aromatic N) is 2. The molecule has 1 aromatic rings. The number of nitriles is 1. The summed E-state index contributed by atoms with van der Waals surface area (Å²) in [5, 5.41) is 17.8. The molecule has 0 saturated carbocycles. The second-order valence-corrected chi connectivity index (χ2v) is 3.73. The highest BCUT2D eigenvalue weighted by atomic mass is 16.4. The first-order valence-electron chi connectivity index (χ1n) is 5.62. The summed E-state index contributed by atoms with van der Waals surface area (Å²) in [5.74, 6) is -0.848. The number of hydrogen-bond acceptors (Lipinski definition) is 3. The Morgan fingerprint density at radius 2 is 2.12 bits per heavy atom. The van der Waals surface area contributed by atoms with Crippen LogP contribution in [0.1, 0.15) is 19.8 Å². The van der Waals surface area contributed by atoms with E-state index in [0.717, 1.165) is 5.69 Å². The van der Waals surface area contributed by atoms with Gasteiger partial charge in [0.25, 0.3) is 0 Å². The van der Waals surface area contributed by atoms with Gasteiger partial charge in [-0.1, -0.05) is 25.1 Å². The van der Waals surface area contributed by atoms with E-state index in [1.54, 1.807) is 0 Å². The first-order chi connectivity index (χ1) is 8.19. The molecular formula is C13H16N2O2. The first-order valence-corrected chi connectivity index (χ1v) is 5.62. The standard InChI is InChI=1S/C13H16N2O2/c1-2-11(10-14)15(9-8-13(16)17)12-6-4-3-5-7-12/h3-7,11H,2,8-9H2,1H3,(H,16,17). The fraction of sp³-hybridized carbons (Fsp3) is 0.385. The highest BCUT2D eigenvalue weighted by Crippen LogP contribution is 2.18. The van der Waals surface area contributed by atoms with Crippen LogP contribution in [0.4, 0.5) is 5.69 Å². The van der Waals surface area contributed by atoms with Crippen molar-refractivity contribution in [3.8, 4) is 6.07 Å². The molecule has 90 valence electrons. The molecule has 0 bridgehead atoms. The van der Waals surface area contributed by atoms with Crippen molar-refractivity contribution in [3.05, 3.63) is 30.3 Å². The maximum Gasteiger partial charge on any atom is 0.305 e. The lowest BCUT2D eigenvalue weighted by Crippen LogP contribution is -2.35. The molecule has 0 spiro atoms. The summed E-state index contributed by atoms with van der Waals surface area (Å²) in [6.45, 7) is 2.27. The van der Waals surface area contributed by atoms with Gasteiger partial charge < -0.3 is 10.0 Å². The lowest BCUT2D eigenvalue weighted by Gasteiger charge is -2.28. The zero-order valence-corrected chi connectivity index (χ0v) is 9.84. The average Bonchev–Trinajstić information content (AvgIpc) is 2.35. The molecule has 0 fully saturated rings. The van der Waals surface area contributed by atoms with Crippen LogP contribution in [-0.4, -0.2) is 23.7 Å². The smallest absolute Gasteiger partial charge is 0.305 e. The number of para-hydroxylation sites is 1. The molecule has 0 aliphatic carbocycles. The van der Waals surface area contributed by atoms with Gasteiger partial charge in [-0.3, -0.25) is 4.79 Å². The number of anilines is 1. The van der Waals surface area contributed by atoms with Crippen LogP contribution in [0.3, 0.4) is 0 Å². The van der Waals surface area contributed by atoms with Crippen molar-refractivity contribution < 1.29 is 9.90 Å². The lowest BCUT2D eigenvalue weighted by molar-refractivity contribution is -0.136. The third-order valence-electron chi connectivity index (χ3n) is 2.57. The summed E-state index contributed by atoms with van der Waals surface area (Å²) in [4.78, 5) is 12.5. The number of carbonyl (C=O) groups is 1. The Balaban J connectivity index is 2.86. The fourth-order valence-corrected chi connectivity index (χ4v) is 1.68. The zero-order valence-electron chi connectivity index (χ0n) is 9.84. The largest absolute Gasteiger partial charge is 0.481 e. The summed E-state index contributed by atoms with van der Waals surface area (Å²) < 4.78 is 0. The molecule has 0 radical (unpaired) electrons. The second-order valence-electron chi connectivity index (χ2n) is 3.73. The molecule has 4 nitrogen and oxygen atoms in total. The van der Waals surface area contributed by atoms with E-state index in [0.29, 0.717) is 13.0 Å². The Labute approximate surface area is 101 Å². The van der Waals surface area contributed by atoms with Gasteiger partial charge in [-0.2, -0.15) is 5.26 Å². The van der Waals surface area contributed by atoms with Gasteiger partial charge in [-0.25, -0.2) is 0 Å². The van der Waals surface area contributed by atoms with Crippen LogP contribution in [0.15, 0.2) is 30.3 Å². The SMILES string of the molecule is CCC(C#N)N(CCC(=O)O)c1ccccc1. The summed E-state index contributed by atoms with van der Waals surface area (Å²) >= 11 is 0. The molecule has 1 aromatic carbocycles. The van der Waals surface area contributed by atoms with E-state index in [9.17, 15) is 4.79 Å². The monoisotopic (exact) mass is 232 g/mol. The molecule has 0 amide bonds. The molecular weight excluding hydrogens is 216 g/mol. The average molecular weight is 232 g/mol. The van der Waals surface area contributed by atoms with Crippen LogP contribution in [0, 0.1) is 11.3 Å². The number of carboxylic acids is 1.